The third kappa shape index (κ3) is 4.61. The molecule has 20 heavy (non-hydrogen) atoms. The third-order valence-electron chi connectivity index (χ3n) is 3.26. The predicted octanol–water partition coefficient (Wildman–Crippen LogP) is 2.00. The number of nitrogens with one attached hydrogen (secondary N) is 2. The van der Waals surface area contributed by atoms with Crippen LogP contribution in [-0.2, 0) is 4.79 Å². The minimum Gasteiger partial charge on any atom is -0.481 e. The second-order valence-corrected chi connectivity index (χ2v) is 5.18. The number of carbonyl (C=O) groups excluding carboxylic acids is 1. The van der Waals surface area contributed by atoms with Crippen molar-refractivity contribution < 1.29 is 9.53 Å². The van der Waals surface area contributed by atoms with Crippen molar-refractivity contribution in [1.82, 2.24) is 15.3 Å². The van der Waals surface area contributed by atoms with E-state index >= 15 is 0 Å². The second kappa shape index (κ2) is 7.40. The zero-order chi connectivity index (χ0) is 14.4. The molecule has 0 saturated carbocycles. The van der Waals surface area contributed by atoms with Crippen LogP contribution in [0.5, 0.6) is 5.88 Å². The lowest BCUT2D eigenvalue weighted by Crippen LogP contribution is -2.34. The van der Waals surface area contributed by atoms with E-state index in [0.29, 0.717) is 18.3 Å². The number of aromatic nitrogens is 2. The van der Waals surface area contributed by atoms with Gasteiger partial charge in [-0.3, -0.25) is 10.1 Å². The molecule has 0 aromatic carbocycles. The zero-order valence-electron chi connectivity index (χ0n) is 11.5. The molecule has 6 nitrogen and oxygen atoms in total. The first-order chi connectivity index (χ1) is 9.67. The number of hydrogen-bond donors (Lipinski definition) is 2. The maximum atomic E-state index is 11.9. The number of piperidine rings is 1. The van der Waals surface area contributed by atoms with Gasteiger partial charge in [0.1, 0.15) is 5.15 Å². The Balaban J connectivity index is 1.83. The number of nitrogens with zero attached hydrogens (tertiary/aromatic N) is 2. The Labute approximate surface area is 123 Å². The lowest BCUT2D eigenvalue weighted by Gasteiger charge is -2.22. The molecule has 0 bridgehead atoms. The van der Waals surface area contributed by atoms with Crippen LogP contribution < -0.4 is 15.4 Å². The Morgan fingerprint density at radius 3 is 3.10 bits per heavy atom. The van der Waals surface area contributed by atoms with Crippen LogP contribution in [0.15, 0.2) is 6.07 Å². The molecular weight excluding hydrogens is 280 g/mol. The summed E-state index contributed by atoms with van der Waals surface area (Å²) in [5.41, 5.74) is 0. The molecule has 1 aromatic rings. The Morgan fingerprint density at radius 1 is 1.55 bits per heavy atom. The summed E-state index contributed by atoms with van der Waals surface area (Å²) >= 11 is 5.82. The summed E-state index contributed by atoms with van der Waals surface area (Å²) in [6.07, 6.45) is 4.85. The Bertz CT molecular complexity index is 464. The summed E-state index contributed by atoms with van der Waals surface area (Å²) < 4.78 is 4.98. The highest BCUT2D eigenvalue weighted by Gasteiger charge is 2.15. The smallest absolute Gasteiger partial charge is 0.234 e. The van der Waals surface area contributed by atoms with E-state index in [1.165, 1.54) is 26.0 Å². The monoisotopic (exact) mass is 298 g/mol. The fourth-order valence-electron chi connectivity index (χ4n) is 2.22. The molecule has 0 spiro atoms. The summed E-state index contributed by atoms with van der Waals surface area (Å²) in [5, 5.41) is 6.29. The van der Waals surface area contributed by atoms with Crippen molar-refractivity contribution in [2.24, 2.45) is 0 Å². The molecule has 1 fully saturated rings. The lowest BCUT2D eigenvalue weighted by molar-refractivity contribution is -0.116. The number of methoxy groups -OCH3 is 1. The van der Waals surface area contributed by atoms with Gasteiger partial charge in [0.15, 0.2) is 0 Å². The van der Waals surface area contributed by atoms with Gasteiger partial charge in [0.05, 0.1) is 7.11 Å². The number of ether oxygens (including phenoxy) is 1. The highest BCUT2D eigenvalue weighted by molar-refractivity contribution is 6.29. The summed E-state index contributed by atoms with van der Waals surface area (Å²) in [6, 6.07) is 1.92. The molecule has 1 aliphatic heterocycles. The fourth-order valence-corrected chi connectivity index (χ4v) is 2.39. The highest BCUT2D eigenvalue weighted by Crippen LogP contribution is 2.16. The van der Waals surface area contributed by atoms with Crippen molar-refractivity contribution in [3.8, 4) is 5.88 Å². The molecule has 110 valence electrons. The molecule has 7 heteroatoms. The number of rotatable bonds is 5. The van der Waals surface area contributed by atoms with Crippen LogP contribution in [0.2, 0.25) is 5.15 Å². The van der Waals surface area contributed by atoms with Crippen molar-refractivity contribution >= 4 is 23.5 Å². The van der Waals surface area contributed by atoms with Gasteiger partial charge in [-0.25, -0.2) is 4.98 Å². The van der Waals surface area contributed by atoms with Crippen LogP contribution in [0.25, 0.3) is 0 Å². The van der Waals surface area contributed by atoms with Crippen LogP contribution >= 0.6 is 11.6 Å². The van der Waals surface area contributed by atoms with E-state index in [0.717, 1.165) is 19.4 Å². The van der Waals surface area contributed by atoms with Gasteiger partial charge in [-0.2, -0.15) is 4.98 Å². The fraction of sp³-hybridized carbons (Fsp3) is 0.615. The first kappa shape index (κ1) is 15.0. The maximum Gasteiger partial charge on any atom is 0.234 e. The molecular formula is C13H19ClN4O2. The number of hydrogen-bond acceptors (Lipinski definition) is 5. The van der Waals surface area contributed by atoms with Gasteiger partial charge in [-0.05, 0) is 25.8 Å². The van der Waals surface area contributed by atoms with Crippen LogP contribution in [0, 0.1) is 0 Å². The van der Waals surface area contributed by atoms with Crippen molar-refractivity contribution in [1.29, 1.82) is 0 Å². The first-order valence-corrected chi connectivity index (χ1v) is 7.17. The van der Waals surface area contributed by atoms with E-state index in [4.69, 9.17) is 16.3 Å². The molecule has 2 N–H and O–H groups in total. The average molecular weight is 299 g/mol. The second-order valence-electron chi connectivity index (χ2n) is 4.79. The number of amides is 1. The number of carbonyl (C=O) groups is 1. The third-order valence-corrected chi connectivity index (χ3v) is 3.46. The standard InChI is InChI=1S/C13H19ClN4O2/c1-20-12-8-10(14)16-13(18-12)17-11(19)6-5-9-4-2-3-7-15-9/h8-9,15H,2-7H2,1H3,(H,16,17,18,19). The summed E-state index contributed by atoms with van der Waals surface area (Å²) in [6.45, 7) is 1.04. The van der Waals surface area contributed by atoms with Crippen LogP contribution in [-0.4, -0.2) is 35.6 Å². The minimum atomic E-state index is -0.110. The van der Waals surface area contributed by atoms with Gasteiger partial charge in [0.25, 0.3) is 0 Å². The Kier molecular flexibility index (Phi) is 5.55. The molecule has 1 aliphatic rings. The van der Waals surface area contributed by atoms with Crippen LogP contribution in [0.4, 0.5) is 5.95 Å². The number of halogens is 1. The molecule has 1 saturated heterocycles. The van der Waals surface area contributed by atoms with Crippen molar-refractivity contribution in [3.05, 3.63) is 11.2 Å². The largest absolute Gasteiger partial charge is 0.481 e. The van der Waals surface area contributed by atoms with E-state index in [-0.39, 0.29) is 17.0 Å². The SMILES string of the molecule is COc1cc(Cl)nc(NC(=O)CCC2CCCCN2)n1. The summed E-state index contributed by atoms with van der Waals surface area (Å²) in [7, 11) is 1.49. The van der Waals surface area contributed by atoms with Gasteiger partial charge >= 0.3 is 0 Å². The normalized spacial score (nSPS) is 18.6. The lowest BCUT2D eigenvalue weighted by atomic mass is 10.0. The van der Waals surface area contributed by atoms with Gasteiger partial charge in [0, 0.05) is 18.5 Å². The minimum absolute atomic E-state index is 0.110. The molecule has 1 amide bonds. The Morgan fingerprint density at radius 2 is 2.40 bits per heavy atom. The molecule has 1 aromatic heterocycles. The van der Waals surface area contributed by atoms with Gasteiger partial charge in [0.2, 0.25) is 17.7 Å². The maximum absolute atomic E-state index is 11.9. The average Bonchev–Trinajstić information content (AvgIpc) is 2.45. The highest BCUT2D eigenvalue weighted by atomic mass is 35.5. The van der Waals surface area contributed by atoms with Crippen molar-refractivity contribution in [2.45, 2.75) is 38.1 Å². The van der Waals surface area contributed by atoms with E-state index in [1.807, 2.05) is 0 Å². The Hall–Kier alpha value is -1.40. The molecule has 1 unspecified atom stereocenters. The van der Waals surface area contributed by atoms with Crippen LogP contribution in [0.3, 0.4) is 0 Å². The topological polar surface area (TPSA) is 76.1 Å². The predicted molar refractivity (Wildman–Crippen MR) is 77.1 cm³/mol. The van der Waals surface area contributed by atoms with E-state index in [2.05, 4.69) is 20.6 Å². The van der Waals surface area contributed by atoms with Crippen LogP contribution in [0.1, 0.15) is 32.1 Å². The zero-order valence-corrected chi connectivity index (χ0v) is 12.2. The molecule has 0 aliphatic carbocycles. The van der Waals surface area contributed by atoms with Gasteiger partial charge in [-0.15, -0.1) is 0 Å². The quantitative estimate of drug-likeness (QED) is 0.813. The number of anilines is 1. The van der Waals surface area contributed by atoms with Gasteiger partial charge in [-0.1, -0.05) is 18.0 Å². The van der Waals surface area contributed by atoms with Gasteiger partial charge < -0.3 is 10.1 Å². The summed E-state index contributed by atoms with van der Waals surface area (Å²) in [5.74, 6) is 0.395. The van der Waals surface area contributed by atoms with E-state index in [1.54, 1.807) is 0 Å². The van der Waals surface area contributed by atoms with E-state index < -0.39 is 0 Å². The van der Waals surface area contributed by atoms with Crippen molar-refractivity contribution in [2.75, 3.05) is 19.0 Å². The van der Waals surface area contributed by atoms with E-state index in [9.17, 15) is 4.79 Å². The molecule has 0 radical (unpaired) electrons. The first-order valence-electron chi connectivity index (χ1n) is 6.79. The molecule has 2 heterocycles. The molecule has 1 atom stereocenters. The van der Waals surface area contributed by atoms with Crippen molar-refractivity contribution in [3.63, 3.8) is 0 Å². The molecule has 2 rings (SSSR count). The summed E-state index contributed by atoms with van der Waals surface area (Å²) in [4.78, 5) is 19.8.